The van der Waals surface area contributed by atoms with Crippen molar-refractivity contribution < 1.29 is 9.13 Å². The Hall–Kier alpha value is -1.46. The summed E-state index contributed by atoms with van der Waals surface area (Å²) in [6.07, 6.45) is 0. The van der Waals surface area contributed by atoms with E-state index in [1.165, 1.54) is 12.1 Å². The van der Waals surface area contributed by atoms with Crippen LogP contribution in [0.4, 0.5) is 10.1 Å². The fourth-order valence-electron chi connectivity index (χ4n) is 2.40. The summed E-state index contributed by atoms with van der Waals surface area (Å²) >= 11 is 21.9. The molecule has 0 amide bonds. The van der Waals surface area contributed by atoms with Gasteiger partial charge in [-0.25, -0.2) is 4.39 Å². The van der Waals surface area contributed by atoms with Crippen LogP contribution in [0.3, 0.4) is 0 Å². The topological polar surface area (TPSA) is 21.3 Å². The first-order valence-corrected chi connectivity index (χ1v) is 9.89. The van der Waals surface area contributed by atoms with Gasteiger partial charge in [-0.05, 0) is 53.6 Å². The normalized spacial score (nSPS) is 10.7. The molecule has 0 saturated heterocycles. The van der Waals surface area contributed by atoms with E-state index in [-0.39, 0.29) is 5.02 Å². The Bertz CT molecular complexity index is 927. The number of nitrogens with one attached hydrogen (secondary N) is 1. The summed E-state index contributed by atoms with van der Waals surface area (Å²) in [6.45, 7) is 0.812. The third-order valence-corrected chi connectivity index (χ3v) is 5.15. The SMILES string of the molecule is Fc1ccc(NCc2cc(Cl)c(OCc3ccc(Br)cc3)c(Cl)c2)cc1Cl. The maximum absolute atomic E-state index is 13.2. The highest BCUT2D eigenvalue weighted by Gasteiger charge is 2.11. The molecule has 0 saturated carbocycles. The van der Waals surface area contributed by atoms with Gasteiger partial charge in [0.1, 0.15) is 12.4 Å². The average molecular weight is 490 g/mol. The molecule has 0 fully saturated rings. The zero-order valence-electron chi connectivity index (χ0n) is 13.9. The van der Waals surface area contributed by atoms with E-state index in [0.29, 0.717) is 34.6 Å². The monoisotopic (exact) mass is 487 g/mol. The lowest BCUT2D eigenvalue weighted by Gasteiger charge is -2.13. The molecule has 0 bridgehead atoms. The second-order valence-corrected chi connectivity index (χ2v) is 7.92. The van der Waals surface area contributed by atoms with Gasteiger partial charge in [0.15, 0.2) is 5.75 Å². The third kappa shape index (κ3) is 5.52. The van der Waals surface area contributed by atoms with Crippen LogP contribution < -0.4 is 10.1 Å². The lowest BCUT2D eigenvalue weighted by molar-refractivity contribution is 0.306. The molecule has 27 heavy (non-hydrogen) atoms. The molecule has 0 spiro atoms. The van der Waals surface area contributed by atoms with Crippen LogP contribution in [0.2, 0.25) is 15.1 Å². The minimum atomic E-state index is -0.458. The summed E-state index contributed by atoms with van der Waals surface area (Å²) in [5.74, 6) is -0.0181. The Labute approximate surface area is 180 Å². The van der Waals surface area contributed by atoms with E-state index >= 15 is 0 Å². The molecule has 2 nitrogen and oxygen atoms in total. The predicted molar refractivity (Wildman–Crippen MR) is 114 cm³/mol. The molecule has 1 N–H and O–H groups in total. The minimum absolute atomic E-state index is 0.0627. The number of halogens is 5. The Morgan fingerprint density at radius 1 is 0.852 bits per heavy atom. The van der Waals surface area contributed by atoms with Crippen molar-refractivity contribution in [1.29, 1.82) is 0 Å². The van der Waals surface area contributed by atoms with Gasteiger partial charge in [-0.3, -0.25) is 0 Å². The van der Waals surface area contributed by atoms with Crippen LogP contribution >= 0.6 is 50.7 Å². The lowest BCUT2D eigenvalue weighted by atomic mass is 10.2. The van der Waals surface area contributed by atoms with Crippen molar-refractivity contribution in [3.8, 4) is 5.75 Å². The Kier molecular flexibility index (Phi) is 6.88. The van der Waals surface area contributed by atoms with Crippen LogP contribution in [0.5, 0.6) is 5.75 Å². The number of rotatable bonds is 6. The summed E-state index contributed by atoms with van der Waals surface area (Å²) in [5, 5.41) is 4.06. The fourth-order valence-corrected chi connectivity index (χ4v) is 3.48. The van der Waals surface area contributed by atoms with E-state index in [0.717, 1.165) is 15.6 Å². The van der Waals surface area contributed by atoms with E-state index < -0.39 is 5.82 Å². The van der Waals surface area contributed by atoms with E-state index in [1.807, 2.05) is 24.3 Å². The molecular weight excluding hydrogens is 475 g/mol. The van der Waals surface area contributed by atoms with E-state index in [4.69, 9.17) is 39.5 Å². The Morgan fingerprint density at radius 2 is 1.52 bits per heavy atom. The second kappa shape index (κ2) is 9.16. The first-order valence-electron chi connectivity index (χ1n) is 7.96. The molecule has 0 atom stereocenters. The van der Waals surface area contributed by atoms with Crippen LogP contribution in [0, 0.1) is 5.82 Å². The smallest absolute Gasteiger partial charge is 0.156 e. The molecule has 0 aliphatic heterocycles. The number of benzene rings is 3. The van der Waals surface area contributed by atoms with Crippen molar-refractivity contribution in [3.05, 3.63) is 91.1 Å². The van der Waals surface area contributed by atoms with Crippen molar-refractivity contribution in [3.63, 3.8) is 0 Å². The third-order valence-electron chi connectivity index (χ3n) is 3.77. The van der Waals surface area contributed by atoms with Gasteiger partial charge in [-0.15, -0.1) is 0 Å². The highest BCUT2D eigenvalue weighted by molar-refractivity contribution is 9.10. The van der Waals surface area contributed by atoms with Crippen LogP contribution in [-0.2, 0) is 13.2 Å². The minimum Gasteiger partial charge on any atom is -0.486 e. The van der Waals surface area contributed by atoms with Crippen LogP contribution in [-0.4, -0.2) is 0 Å². The fraction of sp³-hybridized carbons (Fsp3) is 0.100. The van der Waals surface area contributed by atoms with Crippen LogP contribution in [0.25, 0.3) is 0 Å². The van der Waals surface area contributed by atoms with Gasteiger partial charge in [-0.1, -0.05) is 62.9 Å². The van der Waals surface area contributed by atoms with Gasteiger partial charge in [0, 0.05) is 16.7 Å². The highest BCUT2D eigenvalue weighted by atomic mass is 79.9. The standard InChI is InChI=1S/C20H14BrCl3FNO/c21-14-3-1-12(2-4-14)11-27-20-17(23)7-13(8-18(20)24)10-26-15-5-6-19(25)16(22)9-15/h1-9,26H,10-11H2. The van der Waals surface area contributed by atoms with Crippen LogP contribution in [0.15, 0.2) is 59.1 Å². The first kappa shape index (κ1) is 20.3. The summed E-state index contributed by atoms with van der Waals surface area (Å²) < 4.78 is 20.0. The van der Waals surface area contributed by atoms with Crippen molar-refractivity contribution in [2.75, 3.05) is 5.32 Å². The summed E-state index contributed by atoms with van der Waals surface area (Å²) in [7, 11) is 0. The van der Waals surface area contributed by atoms with Gasteiger partial charge in [-0.2, -0.15) is 0 Å². The van der Waals surface area contributed by atoms with Gasteiger partial charge < -0.3 is 10.1 Å². The molecule has 3 aromatic carbocycles. The molecular formula is C20H14BrCl3FNO. The van der Waals surface area contributed by atoms with Crippen molar-refractivity contribution in [1.82, 2.24) is 0 Å². The van der Waals surface area contributed by atoms with E-state index in [9.17, 15) is 4.39 Å². The molecule has 3 aromatic rings. The highest BCUT2D eigenvalue weighted by Crippen LogP contribution is 2.35. The molecule has 0 unspecified atom stereocenters. The summed E-state index contributed by atoms with van der Waals surface area (Å²) in [6, 6.07) is 15.8. The van der Waals surface area contributed by atoms with E-state index in [1.54, 1.807) is 18.2 Å². The molecule has 0 aliphatic rings. The first-order chi connectivity index (χ1) is 12.9. The molecule has 0 aromatic heterocycles. The van der Waals surface area contributed by atoms with Crippen molar-refractivity contribution in [2.24, 2.45) is 0 Å². The largest absolute Gasteiger partial charge is 0.486 e. The molecule has 140 valence electrons. The van der Waals surface area contributed by atoms with Gasteiger partial charge in [0.05, 0.1) is 15.1 Å². The number of ether oxygens (including phenoxy) is 1. The van der Waals surface area contributed by atoms with Crippen LogP contribution in [0.1, 0.15) is 11.1 Å². The zero-order chi connectivity index (χ0) is 19.4. The number of anilines is 1. The number of hydrogen-bond acceptors (Lipinski definition) is 2. The lowest BCUT2D eigenvalue weighted by Crippen LogP contribution is -2.01. The van der Waals surface area contributed by atoms with Crippen molar-refractivity contribution in [2.45, 2.75) is 13.2 Å². The maximum atomic E-state index is 13.2. The van der Waals surface area contributed by atoms with Gasteiger partial charge >= 0.3 is 0 Å². The summed E-state index contributed by atoms with van der Waals surface area (Å²) in [5.41, 5.74) is 2.56. The molecule has 0 heterocycles. The second-order valence-electron chi connectivity index (χ2n) is 5.79. The summed E-state index contributed by atoms with van der Waals surface area (Å²) in [4.78, 5) is 0. The van der Waals surface area contributed by atoms with Gasteiger partial charge in [0.2, 0.25) is 0 Å². The van der Waals surface area contributed by atoms with E-state index in [2.05, 4.69) is 21.2 Å². The molecule has 0 aliphatic carbocycles. The zero-order valence-corrected chi connectivity index (χ0v) is 17.8. The number of hydrogen-bond donors (Lipinski definition) is 1. The maximum Gasteiger partial charge on any atom is 0.156 e. The Morgan fingerprint density at radius 3 is 2.15 bits per heavy atom. The average Bonchev–Trinajstić information content (AvgIpc) is 2.63. The molecule has 7 heteroatoms. The molecule has 0 radical (unpaired) electrons. The van der Waals surface area contributed by atoms with Crippen molar-refractivity contribution >= 4 is 56.4 Å². The van der Waals surface area contributed by atoms with Gasteiger partial charge in [0.25, 0.3) is 0 Å². The molecule has 3 rings (SSSR count). The Balaban J connectivity index is 1.66. The quantitative estimate of drug-likeness (QED) is 0.382. The predicted octanol–water partition coefficient (Wildman–Crippen LogP) is 7.74.